The van der Waals surface area contributed by atoms with E-state index in [-0.39, 0.29) is 11.9 Å². The highest BCUT2D eigenvalue weighted by molar-refractivity contribution is 5.81. The van der Waals surface area contributed by atoms with Crippen molar-refractivity contribution in [1.82, 2.24) is 5.32 Å². The second kappa shape index (κ2) is 8.00. The van der Waals surface area contributed by atoms with E-state index in [0.717, 1.165) is 22.4 Å². The van der Waals surface area contributed by atoms with E-state index >= 15 is 0 Å². The maximum Gasteiger partial charge on any atom is 0.261 e. The van der Waals surface area contributed by atoms with Gasteiger partial charge in [-0.05, 0) is 56.9 Å². The molecule has 0 bridgehead atoms. The van der Waals surface area contributed by atoms with Gasteiger partial charge in [-0.25, -0.2) is 0 Å². The molecule has 128 valence electrons. The molecule has 3 nitrogen and oxygen atoms in total. The number of carbonyl (C=O) groups is 1. The molecule has 0 aromatic heterocycles. The molecule has 0 radical (unpaired) electrons. The minimum Gasteiger partial charge on any atom is -0.480 e. The maximum atomic E-state index is 12.6. The van der Waals surface area contributed by atoms with E-state index < -0.39 is 6.10 Å². The fourth-order valence-electron chi connectivity index (χ4n) is 2.55. The third-order valence-electron chi connectivity index (χ3n) is 4.21. The molecule has 0 aliphatic carbocycles. The zero-order valence-electron chi connectivity index (χ0n) is 15.2. The molecule has 2 unspecified atom stereocenters. The zero-order valence-corrected chi connectivity index (χ0v) is 15.2. The van der Waals surface area contributed by atoms with Crippen LogP contribution in [0.25, 0.3) is 0 Å². The van der Waals surface area contributed by atoms with Gasteiger partial charge in [0.1, 0.15) is 5.75 Å². The zero-order chi connectivity index (χ0) is 17.7. The highest BCUT2D eigenvalue weighted by atomic mass is 16.5. The van der Waals surface area contributed by atoms with Crippen LogP contribution in [-0.2, 0) is 4.79 Å². The Morgan fingerprint density at radius 1 is 1.04 bits per heavy atom. The van der Waals surface area contributed by atoms with Crippen molar-refractivity contribution in [3.8, 4) is 5.75 Å². The van der Waals surface area contributed by atoms with Gasteiger partial charge in [0.05, 0.1) is 6.04 Å². The summed E-state index contributed by atoms with van der Waals surface area (Å²) in [4.78, 5) is 12.6. The predicted molar refractivity (Wildman–Crippen MR) is 98.4 cm³/mol. The normalized spacial score (nSPS) is 13.2. The van der Waals surface area contributed by atoms with Crippen molar-refractivity contribution in [2.75, 3.05) is 0 Å². The Hall–Kier alpha value is -2.29. The molecule has 0 heterocycles. The van der Waals surface area contributed by atoms with E-state index in [0.29, 0.717) is 6.42 Å². The summed E-state index contributed by atoms with van der Waals surface area (Å²) in [6, 6.07) is 14.2. The number of benzene rings is 2. The largest absolute Gasteiger partial charge is 0.480 e. The first kappa shape index (κ1) is 18.1. The second-order valence-electron chi connectivity index (χ2n) is 6.42. The smallest absolute Gasteiger partial charge is 0.261 e. The lowest BCUT2D eigenvalue weighted by molar-refractivity contribution is -0.128. The summed E-state index contributed by atoms with van der Waals surface area (Å²) in [6.45, 7) is 10.0. The molecule has 2 atom stereocenters. The summed E-state index contributed by atoms with van der Waals surface area (Å²) >= 11 is 0. The summed E-state index contributed by atoms with van der Waals surface area (Å²) in [7, 11) is 0. The van der Waals surface area contributed by atoms with Crippen LogP contribution in [0.1, 0.15) is 48.6 Å². The minimum absolute atomic E-state index is 0.0469. The van der Waals surface area contributed by atoms with Gasteiger partial charge >= 0.3 is 0 Å². The Balaban J connectivity index is 2.05. The fraction of sp³-hybridized carbons (Fsp3) is 0.381. The topological polar surface area (TPSA) is 38.3 Å². The maximum absolute atomic E-state index is 12.6. The third kappa shape index (κ3) is 4.60. The Morgan fingerprint density at radius 3 is 2.29 bits per heavy atom. The molecular weight excluding hydrogens is 298 g/mol. The summed E-state index contributed by atoms with van der Waals surface area (Å²) in [5, 5.41) is 3.06. The number of amides is 1. The van der Waals surface area contributed by atoms with E-state index in [1.165, 1.54) is 5.56 Å². The van der Waals surface area contributed by atoms with Gasteiger partial charge in [0.15, 0.2) is 6.10 Å². The van der Waals surface area contributed by atoms with Crippen LogP contribution >= 0.6 is 0 Å². The van der Waals surface area contributed by atoms with E-state index in [1.54, 1.807) is 0 Å². The third-order valence-corrected chi connectivity index (χ3v) is 4.21. The number of nitrogens with one attached hydrogen (secondary N) is 1. The van der Waals surface area contributed by atoms with Gasteiger partial charge < -0.3 is 10.1 Å². The minimum atomic E-state index is -0.488. The highest BCUT2D eigenvalue weighted by Gasteiger charge is 2.21. The molecule has 3 heteroatoms. The lowest BCUT2D eigenvalue weighted by Gasteiger charge is -2.22. The Labute approximate surface area is 145 Å². The first-order chi connectivity index (χ1) is 11.4. The first-order valence-electron chi connectivity index (χ1n) is 8.51. The van der Waals surface area contributed by atoms with Crippen LogP contribution in [0.5, 0.6) is 5.75 Å². The van der Waals surface area contributed by atoms with Crippen molar-refractivity contribution in [1.29, 1.82) is 0 Å². The molecule has 24 heavy (non-hydrogen) atoms. The van der Waals surface area contributed by atoms with E-state index in [9.17, 15) is 4.79 Å². The molecule has 2 aromatic carbocycles. The number of rotatable bonds is 6. The SMILES string of the molecule is CCC(Oc1cc(C)ccc1C)C(=O)NC(C)c1ccc(C)cc1. The van der Waals surface area contributed by atoms with Gasteiger partial charge in [0, 0.05) is 0 Å². The molecule has 1 N–H and O–H groups in total. The standard InChI is InChI=1S/C21H27NO2/c1-6-19(24-20-13-15(3)7-10-16(20)4)21(23)22-17(5)18-11-8-14(2)9-12-18/h7-13,17,19H,6H2,1-5H3,(H,22,23). The van der Waals surface area contributed by atoms with Crippen molar-refractivity contribution < 1.29 is 9.53 Å². The van der Waals surface area contributed by atoms with Crippen LogP contribution in [0, 0.1) is 20.8 Å². The fourth-order valence-corrected chi connectivity index (χ4v) is 2.55. The Morgan fingerprint density at radius 2 is 1.67 bits per heavy atom. The van der Waals surface area contributed by atoms with Gasteiger partial charge in [-0.2, -0.15) is 0 Å². The van der Waals surface area contributed by atoms with Crippen LogP contribution in [0.15, 0.2) is 42.5 Å². The predicted octanol–water partition coefficient (Wildman–Crippen LogP) is 4.65. The molecule has 0 aliphatic rings. The number of hydrogen-bond acceptors (Lipinski definition) is 2. The van der Waals surface area contributed by atoms with Gasteiger partial charge in [0.25, 0.3) is 5.91 Å². The lowest BCUT2D eigenvalue weighted by Crippen LogP contribution is -2.39. The van der Waals surface area contributed by atoms with E-state index in [4.69, 9.17) is 4.74 Å². The van der Waals surface area contributed by atoms with Gasteiger partial charge in [-0.1, -0.05) is 48.9 Å². The lowest BCUT2D eigenvalue weighted by atomic mass is 10.1. The van der Waals surface area contributed by atoms with E-state index in [1.807, 2.05) is 58.0 Å². The number of aryl methyl sites for hydroxylation is 3. The molecule has 0 saturated carbocycles. The van der Waals surface area contributed by atoms with Gasteiger partial charge in [-0.15, -0.1) is 0 Å². The van der Waals surface area contributed by atoms with Crippen molar-refractivity contribution in [2.24, 2.45) is 0 Å². The van der Waals surface area contributed by atoms with E-state index in [2.05, 4.69) is 24.4 Å². The number of carbonyl (C=O) groups excluding carboxylic acids is 1. The van der Waals surface area contributed by atoms with Crippen molar-refractivity contribution in [3.63, 3.8) is 0 Å². The van der Waals surface area contributed by atoms with Gasteiger partial charge in [0.2, 0.25) is 0 Å². The molecule has 0 fully saturated rings. The summed E-state index contributed by atoms with van der Waals surface area (Å²) in [5.74, 6) is 0.700. The number of ether oxygens (including phenoxy) is 1. The van der Waals surface area contributed by atoms with Crippen molar-refractivity contribution in [3.05, 3.63) is 64.7 Å². The van der Waals surface area contributed by atoms with Crippen molar-refractivity contribution >= 4 is 5.91 Å². The molecule has 2 aromatic rings. The van der Waals surface area contributed by atoms with Crippen LogP contribution in [0.2, 0.25) is 0 Å². The Kier molecular flexibility index (Phi) is 6.02. The monoisotopic (exact) mass is 325 g/mol. The first-order valence-corrected chi connectivity index (χ1v) is 8.51. The molecule has 2 rings (SSSR count). The van der Waals surface area contributed by atoms with Gasteiger partial charge in [-0.3, -0.25) is 4.79 Å². The molecular formula is C21H27NO2. The number of hydrogen-bond donors (Lipinski definition) is 1. The Bertz CT molecular complexity index is 691. The molecule has 0 spiro atoms. The molecule has 1 amide bonds. The van der Waals surface area contributed by atoms with Crippen LogP contribution in [0.3, 0.4) is 0 Å². The quantitative estimate of drug-likeness (QED) is 0.840. The highest BCUT2D eigenvalue weighted by Crippen LogP contribution is 2.22. The summed E-state index contributed by atoms with van der Waals surface area (Å²) < 4.78 is 5.98. The summed E-state index contributed by atoms with van der Waals surface area (Å²) in [6.07, 6.45) is 0.137. The van der Waals surface area contributed by atoms with Crippen LogP contribution in [-0.4, -0.2) is 12.0 Å². The van der Waals surface area contributed by atoms with Crippen LogP contribution in [0.4, 0.5) is 0 Å². The second-order valence-corrected chi connectivity index (χ2v) is 6.42. The van der Waals surface area contributed by atoms with Crippen molar-refractivity contribution in [2.45, 2.75) is 53.2 Å². The molecule has 0 saturated heterocycles. The average Bonchev–Trinajstić information content (AvgIpc) is 2.56. The van der Waals surface area contributed by atoms with Crippen LogP contribution < -0.4 is 10.1 Å². The summed E-state index contributed by atoms with van der Waals surface area (Å²) in [5.41, 5.74) is 4.47. The average molecular weight is 325 g/mol. The molecule has 0 aliphatic heterocycles.